The van der Waals surface area contributed by atoms with E-state index in [9.17, 15) is 4.79 Å². The number of nitrogens with zero attached hydrogens (tertiary/aromatic N) is 5. The SMILES string of the molecule is O=C(Cn1nnc2ccccc21)N(Cc1ccsc1)c1ccc(N2CCOCC2)cc1. The van der Waals surface area contributed by atoms with Crippen LogP contribution in [0.2, 0.25) is 0 Å². The van der Waals surface area contributed by atoms with E-state index in [-0.39, 0.29) is 12.5 Å². The van der Waals surface area contributed by atoms with Gasteiger partial charge in [0, 0.05) is 24.5 Å². The van der Waals surface area contributed by atoms with Crippen molar-refractivity contribution in [3.8, 4) is 0 Å². The topological polar surface area (TPSA) is 63.5 Å². The third-order valence-electron chi connectivity index (χ3n) is 5.46. The van der Waals surface area contributed by atoms with E-state index < -0.39 is 0 Å². The second-order valence-corrected chi connectivity index (χ2v) is 8.24. The van der Waals surface area contributed by atoms with Gasteiger partial charge < -0.3 is 14.5 Å². The Morgan fingerprint density at radius 3 is 2.65 bits per heavy atom. The lowest BCUT2D eigenvalue weighted by Crippen LogP contribution is -2.36. The number of anilines is 2. The quantitative estimate of drug-likeness (QED) is 0.465. The van der Waals surface area contributed by atoms with Crippen molar-refractivity contribution < 1.29 is 9.53 Å². The molecule has 0 bridgehead atoms. The number of amides is 1. The van der Waals surface area contributed by atoms with Gasteiger partial charge in [-0.2, -0.15) is 11.3 Å². The summed E-state index contributed by atoms with van der Waals surface area (Å²) in [6.07, 6.45) is 0. The zero-order chi connectivity index (χ0) is 21.0. The molecule has 0 spiro atoms. The number of aromatic nitrogens is 3. The van der Waals surface area contributed by atoms with E-state index in [1.54, 1.807) is 16.0 Å². The van der Waals surface area contributed by atoms with Gasteiger partial charge in [-0.05, 0) is 58.8 Å². The number of hydrogen-bond donors (Lipinski definition) is 0. The third kappa shape index (κ3) is 4.30. The van der Waals surface area contributed by atoms with Crippen molar-refractivity contribution in [2.45, 2.75) is 13.1 Å². The van der Waals surface area contributed by atoms with Crippen molar-refractivity contribution in [2.24, 2.45) is 0 Å². The van der Waals surface area contributed by atoms with Crippen molar-refractivity contribution >= 4 is 39.7 Å². The fourth-order valence-electron chi connectivity index (χ4n) is 3.80. The lowest BCUT2D eigenvalue weighted by atomic mass is 10.2. The maximum absolute atomic E-state index is 13.4. The summed E-state index contributed by atoms with van der Waals surface area (Å²) in [5, 5.41) is 12.5. The molecule has 4 aromatic rings. The predicted molar refractivity (Wildman–Crippen MR) is 123 cm³/mol. The molecular formula is C23H23N5O2S. The first-order valence-electron chi connectivity index (χ1n) is 10.3. The van der Waals surface area contributed by atoms with Crippen molar-refractivity contribution in [2.75, 3.05) is 36.1 Å². The molecule has 31 heavy (non-hydrogen) atoms. The van der Waals surface area contributed by atoms with Crippen LogP contribution < -0.4 is 9.80 Å². The van der Waals surface area contributed by atoms with Crippen molar-refractivity contribution in [3.05, 3.63) is 70.9 Å². The normalized spacial score (nSPS) is 14.1. The van der Waals surface area contributed by atoms with E-state index >= 15 is 0 Å². The fourth-order valence-corrected chi connectivity index (χ4v) is 4.46. The van der Waals surface area contributed by atoms with E-state index in [0.29, 0.717) is 6.54 Å². The first-order valence-corrected chi connectivity index (χ1v) is 11.2. The molecule has 8 heteroatoms. The summed E-state index contributed by atoms with van der Waals surface area (Å²) < 4.78 is 7.11. The van der Waals surface area contributed by atoms with Gasteiger partial charge in [-0.25, -0.2) is 4.68 Å². The highest BCUT2D eigenvalue weighted by molar-refractivity contribution is 7.07. The Morgan fingerprint density at radius 1 is 1.06 bits per heavy atom. The predicted octanol–water partition coefficient (Wildman–Crippen LogP) is 3.56. The van der Waals surface area contributed by atoms with Crippen LogP contribution in [-0.4, -0.2) is 47.2 Å². The molecule has 1 aliphatic rings. The number of hydrogen-bond acceptors (Lipinski definition) is 6. The molecule has 7 nitrogen and oxygen atoms in total. The molecule has 1 aliphatic heterocycles. The van der Waals surface area contributed by atoms with Crippen LogP contribution in [0.15, 0.2) is 65.4 Å². The number of fused-ring (bicyclic) bond motifs is 1. The second kappa shape index (κ2) is 8.87. The Bertz CT molecular complexity index is 1150. The molecule has 5 rings (SSSR count). The van der Waals surface area contributed by atoms with Gasteiger partial charge in [0.15, 0.2) is 0 Å². The molecule has 1 saturated heterocycles. The van der Waals surface area contributed by atoms with Gasteiger partial charge in [0.25, 0.3) is 0 Å². The number of rotatable bonds is 6. The Hall–Kier alpha value is -3.23. The molecule has 0 atom stereocenters. The standard InChI is InChI=1S/C23H23N5O2S/c29-23(16-28-22-4-2-1-3-21(22)24-25-28)27(15-18-9-14-31-17-18)20-7-5-19(6-8-20)26-10-12-30-13-11-26/h1-9,14,17H,10-13,15-16H2. The molecule has 0 saturated carbocycles. The maximum atomic E-state index is 13.4. The van der Waals surface area contributed by atoms with E-state index in [2.05, 4.69) is 38.8 Å². The minimum atomic E-state index is -0.0269. The van der Waals surface area contributed by atoms with E-state index in [4.69, 9.17) is 4.74 Å². The molecule has 158 valence electrons. The third-order valence-corrected chi connectivity index (χ3v) is 6.20. The maximum Gasteiger partial charge on any atom is 0.249 e. The summed E-state index contributed by atoms with van der Waals surface area (Å²) in [6.45, 7) is 3.92. The lowest BCUT2D eigenvalue weighted by molar-refractivity contribution is -0.119. The summed E-state index contributed by atoms with van der Waals surface area (Å²) >= 11 is 1.63. The van der Waals surface area contributed by atoms with Gasteiger partial charge in [-0.15, -0.1) is 5.10 Å². The molecule has 1 fully saturated rings. The Labute approximate surface area is 184 Å². The summed E-state index contributed by atoms with van der Waals surface area (Å²) in [6, 6.07) is 17.9. The summed E-state index contributed by atoms with van der Waals surface area (Å²) in [7, 11) is 0. The average Bonchev–Trinajstić information content (AvgIpc) is 3.48. The van der Waals surface area contributed by atoms with Crippen LogP contribution in [0, 0.1) is 0 Å². The Kier molecular flexibility index (Phi) is 5.64. The van der Waals surface area contributed by atoms with Crippen LogP contribution in [-0.2, 0) is 22.6 Å². The first-order chi connectivity index (χ1) is 15.3. The second-order valence-electron chi connectivity index (χ2n) is 7.46. The van der Waals surface area contributed by atoms with Crippen molar-refractivity contribution in [1.82, 2.24) is 15.0 Å². The number of carbonyl (C=O) groups excluding carboxylic acids is 1. The largest absolute Gasteiger partial charge is 0.378 e. The number of carbonyl (C=O) groups is 1. The van der Waals surface area contributed by atoms with Crippen LogP contribution in [0.3, 0.4) is 0 Å². The highest BCUT2D eigenvalue weighted by Crippen LogP contribution is 2.24. The minimum Gasteiger partial charge on any atom is -0.378 e. The number of ether oxygens (including phenoxy) is 1. The van der Waals surface area contributed by atoms with Gasteiger partial charge in [-0.1, -0.05) is 17.3 Å². The van der Waals surface area contributed by atoms with Crippen molar-refractivity contribution in [3.63, 3.8) is 0 Å². The number of benzene rings is 2. The Morgan fingerprint density at radius 2 is 1.87 bits per heavy atom. The Balaban J connectivity index is 1.40. The van der Waals surface area contributed by atoms with Gasteiger partial charge in [0.2, 0.25) is 5.91 Å². The fraction of sp³-hybridized carbons (Fsp3) is 0.261. The smallest absolute Gasteiger partial charge is 0.249 e. The molecule has 0 N–H and O–H groups in total. The molecule has 0 unspecified atom stereocenters. The van der Waals surface area contributed by atoms with E-state index in [0.717, 1.165) is 54.3 Å². The highest BCUT2D eigenvalue weighted by Gasteiger charge is 2.20. The highest BCUT2D eigenvalue weighted by atomic mass is 32.1. The average molecular weight is 434 g/mol. The molecule has 0 radical (unpaired) electrons. The number of thiophene rings is 1. The molecular weight excluding hydrogens is 410 g/mol. The van der Waals surface area contributed by atoms with Crippen LogP contribution in [0.5, 0.6) is 0 Å². The van der Waals surface area contributed by atoms with Gasteiger partial charge >= 0.3 is 0 Å². The van der Waals surface area contributed by atoms with Gasteiger partial charge in [0.05, 0.1) is 25.3 Å². The lowest BCUT2D eigenvalue weighted by Gasteiger charge is -2.29. The molecule has 2 aromatic carbocycles. The molecule has 0 aliphatic carbocycles. The number of para-hydroxylation sites is 1. The number of morpholine rings is 1. The van der Waals surface area contributed by atoms with Crippen LogP contribution >= 0.6 is 11.3 Å². The van der Waals surface area contributed by atoms with Crippen LogP contribution in [0.25, 0.3) is 11.0 Å². The van der Waals surface area contributed by atoms with Gasteiger partial charge in [-0.3, -0.25) is 4.79 Å². The van der Waals surface area contributed by atoms with E-state index in [1.165, 1.54) is 0 Å². The summed E-state index contributed by atoms with van der Waals surface area (Å²) in [4.78, 5) is 17.5. The monoisotopic (exact) mass is 433 g/mol. The van der Waals surface area contributed by atoms with Gasteiger partial charge in [0.1, 0.15) is 12.1 Å². The zero-order valence-corrected chi connectivity index (χ0v) is 17.9. The minimum absolute atomic E-state index is 0.0269. The summed E-state index contributed by atoms with van der Waals surface area (Å²) in [5.74, 6) is -0.0269. The van der Waals surface area contributed by atoms with Crippen LogP contribution in [0.1, 0.15) is 5.56 Å². The van der Waals surface area contributed by atoms with E-state index in [1.807, 2.05) is 46.7 Å². The zero-order valence-electron chi connectivity index (χ0n) is 17.1. The summed E-state index contributed by atoms with van der Waals surface area (Å²) in [5.41, 5.74) is 4.78. The molecule has 2 aromatic heterocycles. The van der Waals surface area contributed by atoms with Crippen LogP contribution in [0.4, 0.5) is 11.4 Å². The molecule has 3 heterocycles. The molecule has 1 amide bonds. The first kappa shape index (κ1) is 19.7. The van der Waals surface area contributed by atoms with Crippen molar-refractivity contribution in [1.29, 1.82) is 0 Å².